The highest BCUT2D eigenvalue weighted by molar-refractivity contribution is 6.33. The number of para-hydroxylation sites is 1. The summed E-state index contributed by atoms with van der Waals surface area (Å²) in [4.78, 5) is 15.9. The molecule has 6 heteroatoms. The van der Waals surface area contributed by atoms with E-state index in [1.54, 1.807) is 17.0 Å². The number of anilines is 1. The number of piperidine rings is 1. The molecular weight excluding hydrogens is 290 g/mol. The minimum absolute atomic E-state index is 0.171. The monoisotopic (exact) mass is 311 g/mol. The highest BCUT2D eigenvalue weighted by Gasteiger charge is 2.34. The predicted octanol–water partition coefficient (Wildman–Crippen LogP) is 2.26. The van der Waals surface area contributed by atoms with Gasteiger partial charge in [0.15, 0.2) is 0 Å². The first kappa shape index (κ1) is 16.1. The summed E-state index contributed by atoms with van der Waals surface area (Å²) in [6.07, 6.45) is 1.17. The second-order valence-corrected chi connectivity index (χ2v) is 6.27. The summed E-state index contributed by atoms with van der Waals surface area (Å²) in [7, 11) is 3.88. The fraction of sp³-hybridized carbons (Fsp3) is 0.533. The van der Waals surface area contributed by atoms with E-state index in [0.29, 0.717) is 43.2 Å². The van der Waals surface area contributed by atoms with Crippen molar-refractivity contribution in [2.45, 2.75) is 18.4 Å². The van der Waals surface area contributed by atoms with Crippen LogP contribution in [0.5, 0.6) is 0 Å². The van der Waals surface area contributed by atoms with Gasteiger partial charge in [-0.05, 0) is 39.1 Å². The molecule has 1 aromatic rings. The first-order valence-corrected chi connectivity index (χ1v) is 7.45. The van der Waals surface area contributed by atoms with Gasteiger partial charge in [0.1, 0.15) is 0 Å². The van der Waals surface area contributed by atoms with E-state index in [1.165, 1.54) is 0 Å². The zero-order chi connectivity index (χ0) is 15.5. The lowest BCUT2D eigenvalue weighted by molar-refractivity contribution is -0.0284. The Bertz CT molecular complexity index is 499. The van der Waals surface area contributed by atoms with Crippen LogP contribution < -0.4 is 5.32 Å². The highest BCUT2D eigenvalue weighted by Crippen LogP contribution is 2.25. The van der Waals surface area contributed by atoms with Crippen molar-refractivity contribution < 1.29 is 9.90 Å². The summed E-state index contributed by atoms with van der Waals surface area (Å²) in [5.41, 5.74) is -0.0942. The summed E-state index contributed by atoms with van der Waals surface area (Å²) in [6, 6.07) is 6.98. The molecule has 0 bridgehead atoms. The van der Waals surface area contributed by atoms with Crippen molar-refractivity contribution in [3.63, 3.8) is 0 Å². The number of nitrogens with one attached hydrogen (secondary N) is 1. The van der Waals surface area contributed by atoms with Crippen molar-refractivity contribution in [3.8, 4) is 0 Å². The van der Waals surface area contributed by atoms with Gasteiger partial charge in [-0.25, -0.2) is 4.79 Å². The van der Waals surface area contributed by atoms with Crippen LogP contribution in [0.2, 0.25) is 5.02 Å². The van der Waals surface area contributed by atoms with E-state index in [0.717, 1.165) is 0 Å². The van der Waals surface area contributed by atoms with Gasteiger partial charge in [-0.2, -0.15) is 0 Å². The van der Waals surface area contributed by atoms with Crippen LogP contribution in [0, 0.1) is 0 Å². The standard InChI is InChI=1S/C15H22ClN3O2/c1-18(2)11-15(21)7-9-19(10-8-15)14(20)17-13-6-4-3-5-12(13)16/h3-6,21H,7-11H2,1-2H3,(H,17,20). The minimum atomic E-state index is -0.704. The molecule has 1 fully saturated rings. The molecule has 0 aliphatic carbocycles. The van der Waals surface area contributed by atoms with Gasteiger partial charge in [0.05, 0.1) is 16.3 Å². The number of nitrogens with zero attached hydrogens (tertiary/aromatic N) is 2. The third-order valence-corrected chi connectivity index (χ3v) is 4.04. The lowest BCUT2D eigenvalue weighted by atomic mass is 9.91. The maximum atomic E-state index is 12.2. The van der Waals surface area contributed by atoms with Gasteiger partial charge in [0, 0.05) is 19.6 Å². The molecule has 1 aliphatic rings. The number of urea groups is 1. The summed E-state index contributed by atoms with van der Waals surface area (Å²) < 4.78 is 0. The Kier molecular flexibility index (Phi) is 5.08. The molecule has 1 heterocycles. The quantitative estimate of drug-likeness (QED) is 0.900. The molecule has 2 rings (SSSR count). The molecule has 2 N–H and O–H groups in total. The van der Waals surface area contributed by atoms with Crippen molar-refractivity contribution in [3.05, 3.63) is 29.3 Å². The number of carbonyl (C=O) groups excluding carboxylic acids is 1. The number of amides is 2. The van der Waals surface area contributed by atoms with Crippen LogP contribution in [0.4, 0.5) is 10.5 Å². The first-order valence-electron chi connectivity index (χ1n) is 7.07. The van der Waals surface area contributed by atoms with Crippen LogP contribution >= 0.6 is 11.6 Å². The summed E-state index contributed by atoms with van der Waals surface area (Å²) in [5.74, 6) is 0. The fourth-order valence-electron chi connectivity index (χ4n) is 2.63. The summed E-state index contributed by atoms with van der Waals surface area (Å²) >= 11 is 6.03. The number of hydrogen-bond acceptors (Lipinski definition) is 3. The SMILES string of the molecule is CN(C)CC1(O)CCN(C(=O)Nc2ccccc2Cl)CC1. The molecule has 0 spiro atoms. The second-order valence-electron chi connectivity index (χ2n) is 5.86. The maximum absolute atomic E-state index is 12.2. The molecule has 1 saturated heterocycles. The lowest BCUT2D eigenvalue weighted by Crippen LogP contribution is -2.51. The van der Waals surface area contributed by atoms with Crippen LogP contribution in [0.25, 0.3) is 0 Å². The number of carbonyl (C=O) groups is 1. The molecule has 0 unspecified atom stereocenters. The molecular formula is C15H22ClN3O2. The third kappa shape index (κ3) is 4.33. The molecule has 1 aliphatic heterocycles. The molecule has 2 amide bonds. The van der Waals surface area contributed by atoms with Gasteiger partial charge in [-0.3, -0.25) is 0 Å². The molecule has 21 heavy (non-hydrogen) atoms. The van der Waals surface area contributed by atoms with Crippen molar-refractivity contribution in [1.29, 1.82) is 0 Å². The smallest absolute Gasteiger partial charge is 0.321 e. The predicted molar refractivity (Wildman–Crippen MR) is 84.8 cm³/mol. The van der Waals surface area contributed by atoms with Crippen molar-refractivity contribution in [2.75, 3.05) is 39.0 Å². The Morgan fingerprint density at radius 3 is 2.57 bits per heavy atom. The van der Waals surface area contributed by atoms with E-state index in [2.05, 4.69) is 5.32 Å². The molecule has 0 aromatic heterocycles. The highest BCUT2D eigenvalue weighted by atomic mass is 35.5. The number of likely N-dealkylation sites (N-methyl/N-ethyl adjacent to an activating group) is 1. The van der Waals surface area contributed by atoms with Gasteiger partial charge in [-0.1, -0.05) is 23.7 Å². The number of benzene rings is 1. The molecule has 116 valence electrons. The van der Waals surface area contributed by atoms with Gasteiger partial charge in [-0.15, -0.1) is 0 Å². The Labute approximate surface area is 130 Å². The van der Waals surface area contributed by atoms with Crippen molar-refractivity contribution in [1.82, 2.24) is 9.80 Å². The number of likely N-dealkylation sites (tertiary alicyclic amines) is 1. The van der Waals surface area contributed by atoms with Gasteiger partial charge in [0.25, 0.3) is 0 Å². The van der Waals surface area contributed by atoms with E-state index in [-0.39, 0.29) is 6.03 Å². The number of halogens is 1. The van der Waals surface area contributed by atoms with Crippen LogP contribution in [0.15, 0.2) is 24.3 Å². The fourth-order valence-corrected chi connectivity index (χ4v) is 2.81. The average molecular weight is 312 g/mol. The van der Waals surface area contributed by atoms with Crippen LogP contribution in [-0.4, -0.2) is 60.3 Å². The Morgan fingerprint density at radius 2 is 2.00 bits per heavy atom. The second kappa shape index (κ2) is 6.64. The zero-order valence-electron chi connectivity index (χ0n) is 12.5. The van der Waals surface area contributed by atoms with E-state index in [4.69, 9.17) is 11.6 Å². The average Bonchev–Trinajstić information content (AvgIpc) is 2.40. The Morgan fingerprint density at radius 1 is 1.38 bits per heavy atom. The van der Waals surface area contributed by atoms with E-state index >= 15 is 0 Å². The number of aliphatic hydroxyl groups is 1. The first-order chi connectivity index (χ1) is 9.89. The van der Waals surface area contributed by atoms with E-state index < -0.39 is 5.60 Å². The summed E-state index contributed by atoms with van der Waals surface area (Å²) in [5, 5.41) is 13.8. The van der Waals surface area contributed by atoms with Crippen molar-refractivity contribution in [2.24, 2.45) is 0 Å². The van der Waals surface area contributed by atoms with E-state index in [9.17, 15) is 9.90 Å². The largest absolute Gasteiger partial charge is 0.388 e. The number of hydrogen-bond donors (Lipinski definition) is 2. The normalized spacial score (nSPS) is 17.9. The van der Waals surface area contributed by atoms with Gasteiger partial charge < -0.3 is 20.2 Å². The summed E-state index contributed by atoms with van der Waals surface area (Å²) in [6.45, 7) is 1.70. The third-order valence-electron chi connectivity index (χ3n) is 3.71. The van der Waals surface area contributed by atoms with E-state index in [1.807, 2.05) is 31.1 Å². The molecule has 0 atom stereocenters. The van der Waals surface area contributed by atoms with Gasteiger partial charge in [0.2, 0.25) is 0 Å². The molecule has 0 saturated carbocycles. The van der Waals surface area contributed by atoms with Crippen LogP contribution in [0.3, 0.4) is 0 Å². The van der Waals surface area contributed by atoms with Crippen LogP contribution in [-0.2, 0) is 0 Å². The topological polar surface area (TPSA) is 55.8 Å². The zero-order valence-corrected chi connectivity index (χ0v) is 13.2. The number of rotatable bonds is 3. The maximum Gasteiger partial charge on any atom is 0.321 e. The van der Waals surface area contributed by atoms with Gasteiger partial charge >= 0.3 is 6.03 Å². The molecule has 5 nitrogen and oxygen atoms in total. The molecule has 0 radical (unpaired) electrons. The Hall–Kier alpha value is -1.30. The Balaban J connectivity index is 1.90. The van der Waals surface area contributed by atoms with Crippen molar-refractivity contribution >= 4 is 23.3 Å². The molecule has 1 aromatic carbocycles. The lowest BCUT2D eigenvalue weighted by Gasteiger charge is -2.39. The minimum Gasteiger partial charge on any atom is -0.388 e. The van der Waals surface area contributed by atoms with Crippen LogP contribution in [0.1, 0.15) is 12.8 Å².